The van der Waals surface area contributed by atoms with Crippen molar-refractivity contribution < 1.29 is 4.72 Å². The van der Waals surface area contributed by atoms with Gasteiger partial charge in [-0.2, -0.15) is 0 Å². The molecule has 2 nitrogen and oxygen atoms in total. The van der Waals surface area contributed by atoms with Gasteiger partial charge in [0.05, 0.1) is 0 Å². The zero-order valence-corrected chi connectivity index (χ0v) is 6.73. The van der Waals surface area contributed by atoms with Gasteiger partial charge in [0.15, 0.2) is 0 Å². The Kier molecular flexibility index (Phi) is 6.46. The van der Waals surface area contributed by atoms with E-state index in [4.69, 9.17) is 4.72 Å². The molecule has 0 aromatic heterocycles. The van der Waals surface area contributed by atoms with Crippen molar-refractivity contribution in [1.82, 2.24) is 10.2 Å². The lowest BCUT2D eigenvalue weighted by molar-refractivity contribution is 0.196. The number of hydrogen-bond donors (Lipinski definition) is 1. The zero-order valence-electron chi connectivity index (χ0n) is 7.73. The summed E-state index contributed by atoms with van der Waals surface area (Å²) in [6.07, 6.45) is 0. The van der Waals surface area contributed by atoms with Crippen LogP contribution in [0.4, 0.5) is 4.72 Å². The molecule has 0 saturated carbocycles. The van der Waals surface area contributed by atoms with Crippen molar-refractivity contribution in [2.24, 2.45) is 0 Å². The third kappa shape index (κ3) is 4.32. The number of halogens is 1. The summed E-state index contributed by atoms with van der Waals surface area (Å²) in [6.45, 7) is 9.28. The summed E-state index contributed by atoms with van der Waals surface area (Å²) in [4.78, 5) is 2.50. The fourth-order valence-corrected chi connectivity index (χ4v) is 1.20. The molecule has 0 aromatic carbocycles. The Balaban J connectivity index is 0. The average molecular weight is 166 g/mol. The molecule has 0 amide bonds. The Labute approximate surface area is 70.9 Å². The fraction of sp³-hybridized carbons (Fsp3) is 1.00. The maximum atomic E-state index is 8.75. The molecule has 1 aliphatic rings. The lowest BCUT2D eigenvalue weighted by Crippen LogP contribution is -2.46. The summed E-state index contributed by atoms with van der Waals surface area (Å²) in [5, 5.41) is 3.33. The van der Waals surface area contributed by atoms with Gasteiger partial charge in [0, 0.05) is 32.2 Å². The molecule has 0 spiro atoms. The van der Waals surface area contributed by atoms with Gasteiger partial charge in [-0.15, -0.1) is 0 Å². The molecule has 70 valence electrons. The van der Waals surface area contributed by atoms with Gasteiger partial charge in [0.1, 0.15) is 0 Å². The Morgan fingerprint density at radius 1 is 1.36 bits per heavy atom. The van der Waals surface area contributed by atoms with Gasteiger partial charge in [-0.3, -0.25) is 9.62 Å². The molecule has 0 aromatic rings. The summed E-state index contributed by atoms with van der Waals surface area (Å²) < 4.78 is 13.0. The van der Waals surface area contributed by atoms with Gasteiger partial charge in [0.25, 0.3) is 1.45 Å². The van der Waals surface area contributed by atoms with E-state index in [-0.39, 0.29) is 7.43 Å². The summed E-state index contributed by atoms with van der Waals surface area (Å²) in [6, 6.07) is 0.729. The van der Waals surface area contributed by atoms with Crippen LogP contribution < -0.4 is 5.32 Å². The van der Waals surface area contributed by atoms with Crippen LogP contribution in [0.1, 0.15) is 21.3 Å². The highest BCUT2D eigenvalue weighted by molar-refractivity contribution is 4.69. The van der Waals surface area contributed by atoms with Crippen molar-refractivity contribution in [2.45, 2.75) is 27.3 Å². The Morgan fingerprint density at radius 2 is 1.82 bits per heavy atom. The quantitative estimate of drug-likeness (QED) is 0.627. The molecule has 1 rings (SSSR count). The average Bonchev–Trinajstić information content (AvgIpc) is 2.10. The highest BCUT2D eigenvalue weighted by atomic mass is 19.0. The predicted octanol–water partition coefficient (Wildman–Crippen LogP) is 1.09. The number of hydrogen-bond acceptors (Lipinski definition) is 2. The van der Waals surface area contributed by atoms with Crippen molar-refractivity contribution >= 4 is 0 Å². The van der Waals surface area contributed by atoms with Gasteiger partial charge >= 0.3 is 0 Å². The summed E-state index contributed by atoms with van der Waals surface area (Å²) in [5.41, 5.74) is 0. The van der Waals surface area contributed by atoms with Crippen LogP contribution in [0, 0.1) is 0 Å². The summed E-state index contributed by atoms with van der Waals surface area (Å²) >= 11 is 0. The van der Waals surface area contributed by atoms with E-state index in [2.05, 4.69) is 25.5 Å². The van der Waals surface area contributed by atoms with Crippen LogP contribution in [0.15, 0.2) is 0 Å². The van der Waals surface area contributed by atoms with E-state index < -0.39 is 0 Å². The molecule has 1 aliphatic heterocycles. The van der Waals surface area contributed by atoms with E-state index in [1.807, 2.05) is 0 Å². The van der Waals surface area contributed by atoms with Crippen LogP contribution in [0.2, 0.25) is 0 Å². The van der Waals surface area contributed by atoms with E-state index >= 15 is 0 Å². The minimum absolute atomic E-state index is 0. The molecule has 3 heteroatoms. The standard InChI is InChI=1S/C7H16N2.CH4.FH/c1-7(2)9-5-3-8-4-6-9;;/h7-8H,3-6H2,1-2H3;1H4;1H/i/hT. The molecule has 1 fully saturated rings. The first kappa shape index (κ1) is 10.8. The molecule has 1 N–H and O–H groups in total. The molecular formula is C8H21FN2. The number of nitrogens with zero attached hydrogens (tertiary/aromatic N) is 1. The normalized spacial score (nSPS) is 19.5. The number of nitrogens with one attached hydrogen (secondary N) is 1. The summed E-state index contributed by atoms with van der Waals surface area (Å²) in [7, 11) is 0. The van der Waals surface area contributed by atoms with Gasteiger partial charge in [-0.1, -0.05) is 7.43 Å². The predicted molar refractivity (Wildman–Crippen MR) is 48.8 cm³/mol. The molecular weight excluding hydrogens is 143 g/mol. The van der Waals surface area contributed by atoms with E-state index in [0.717, 1.165) is 19.1 Å². The second-order valence-electron chi connectivity index (χ2n) is 2.88. The first-order chi connectivity index (χ1) is 5.30. The van der Waals surface area contributed by atoms with E-state index in [1.165, 1.54) is 13.1 Å². The van der Waals surface area contributed by atoms with Crippen LogP contribution in [-0.2, 0) is 0 Å². The molecule has 0 aliphatic carbocycles. The first-order valence-corrected chi connectivity index (χ1v) is 3.75. The molecule has 0 unspecified atom stereocenters. The van der Waals surface area contributed by atoms with Crippen molar-refractivity contribution in [3.8, 4) is 0 Å². The van der Waals surface area contributed by atoms with Gasteiger partial charge in [-0.25, -0.2) is 0 Å². The second kappa shape index (κ2) is 6.55. The van der Waals surface area contributed by atoms with Crippen molar-refractivity contribution in [2.75, 3.05) is 26.2 Å². The van der Waals surface area contributed by atoms with Crippen LogP contribution in [-0.4, -0.2) is 38.6 Å². The van der Waals surface area contributed by atoms with Gasteiger partial charge in [0.2, 0.25) is 0 Å². The Bertz CT molecular complexity index is 85.1. The van der Waals surface area contributed by atoms with Crippen LogP contribution in [0.3, 0.4) is 0 Å². The third-order valence-electron chi connectivity index (χ3n) is 1.88. The zero-order chi connectivity index (χ0) is 8.69. The van der Waals surface area contributed by atoms with Gasteiger partial charge < -0.3 is 5.32 Å². The fourth-order valence-electron chi connectivity index (χ4n) is 1.20. The maximum Gasteiger partial charge on any atom is 0.269 e. The van der Waals surface area contributed by atoms with E-state index in [1.54, 1.807) is 0 Å². The number of rotatable bonds is 1. The SMILES string of the molecule is C.CC(C)N1CCNCC1.[3H]F. The van der Waals surface area contributed by atoms with E-state index in [9.17, 15) is 0 Å². The molecule has 0 radical (unpaired) electrons. The van der Waals surface area contributed by atoms with Crippen molar-refractivity contribution in [1.29, 1.82) is 1.45 Å². The lowest BCUT2D eigenvalue weighted by atomic mass is 10.3. The minimum atomic E-state index is 0. The molecule has 0 bridgehead atoms. The molecule has 11 heavy (non-hydrogen) atoms. The van der Waals surface area contributed by atoms with Crippen LogP contribution in [0.25, 0.3) is 0 Å². The lowest BCUT2D eigenvalue weighted by Gasteiger charge is -2.30. The third-order valence-corrected chi connectivity index (χ3v) is 1.88. The smallest absolute Gasteiger partial charge is 0.269 e. The first-order valence-electron chi connectivity index (χ1n) is 4.13. The minimum Gasteiger partial charge on any atom is -0.314 e. The molecule has 0 atom stereocenters. The number of piperazine rings is 1. The molecule has 1 saturated heterocycles. The highest BCUT2D eigenvalue weighted by Gasteiger charge is 2.11. The Hall–Kier alpha value is -0.150. The monoisotopic (exact) mass is 166 g/mol. The highest BCUT2D eigenvalue weighted by Crippen LogP contribution is 1.97. The van der Waals surface area contributed by atoms with Crippen LogP contribution in [0.5, 0.6) is 0 Å². The Morgan fingerprint density at radius 3 is 2.09 bits per heavy atom. The van der Waals surface area contributed by atoms with Crippen molar-refractivity contribution in [3.05, 3.63) is 0 Å². The van der Waals surface area contributed by atoms with Crippen molar-refractivity contribution in [3.63, 3.8) is 0 Å². The topological polar surface area (TPSA) is 15.3 Å². The maximum absolute atomic E-state index is 8.75. The van der Waals surface area contributed by atoms with Gasteiger partial charge in [-0.05, 0) is 13.8 Å². The second-order valence-corrected chi connectivity index (χ2v) is 2.88. The largest absolute Gasteiger partial charge is 0.314 e. The van der Waals surface area contributed by atoms with E-state index in [0.29, 0.717) is 0 Å². The summed E-state index contributed by atoms with van der Waals surface area (Å²) in [5.74, 6) is 0. The molecule has 1 heterocycles. The van der Waals surface area contributed by atoms with Crippen LogP contribution >= 0.6 is 0 Å².